The van der Waals surface area contributed by atoms with Crippen molar-refractivity contribution in [2.75, 3.05) is 7.11 Å². The van der Waals surface area contributed by atoms with Gasteiger partial charge in [0.1, 0.15) is 5.75 Å². The molecule has 0 amide bonds. The van der Waals surface area contributed by atoms with Crippen molar-refractivity contribution in [3.63, 3.8) is 0 Å². The number of aromatic nitrogens is 1. The number of ether oxygens (including phenoxy) is 1. The lowest BCUT2D eigenvalue weighted by atomic mass is 10.1. The van der Waals surface area contributed by atoms with Gasteiger partial charge < -0.3 is 4.74 Å². The van der Waals surface area contributed by atoms with Gasteiger partial charge in [-0.1, -0.05) is 23.7 Å². The molecule has 0 saturated heterocycles. The summed E-state index contributed by atoms with van der Waals surface area (Å²) in [4.78, 5) is 4.61. The number of halogens is 1. The van der Waals surface area contributed by atoms with Gasteiger partial charge in [0.15, 0.2) is 0 Å². The lowest BCUT2D eigenvalue weighted by Gasteiger charge is -2.07. The molecule has 0 radical (unpaired) electrons. The summed E-state index contributed by atoms with van der Waals surface area (Å²) in [5.74, 6) is 0.748. The molecular formula is C17H11ClN2O. The van der Waals surface area contributed by atoms with Crippen LogP contribution in [0.5, 0.6) is 5.75 Å². The highest BCUT2D eigenvalue weighted by molar-refractivity contribution is 6.35. The summed E-state index contributed by atoms with van der Waals surface area (Å²) in [6, 6.07) is 16.8. The fraction of sp³-hybridized carbons (Fsp3) is 0.0588. The van der Waals surface area contributed by atoms with Crippen LogP contribution in [-0.2, 0) is 0 Å². The van der Waals surface area contributed by atoms with Gasteiger partial charge in [-0.2, -0.15) is 5.26 Å². The molecule has 0 atom stereocenters. The van der Waals surface area contributed by atoms with Crippen LogP contribution >= 0.6 is 11.6 Å². The zero-order chi connectivity index (χ0) is 14.8. The summed E-state index contributed by atoms with van der Waals surface area (Å²) >= 11 is 6.35. The molecule has 0 fully saturated rings. The molecule has 102 valence electrons. The van der Waals surface area contributed by atoms with Crippen molar-refractivity contribution < 1.29 is 4.74 Å². The number of rotatable bonds is 2. The Bertz CT molecular complexity index is 851. The molecule has 0 bridgehead atoms. The Hall–Kier alpha value is -2.57. The van der Waals surface area contributed by atoms with E-state index in [1.165, 1.54) is 0 Å². The van der Waals surface area contributed by atoms with E-state index < -0.39 is 0 Å². The third-order valence-electron chi connectivity index (χ3n) is 3.28. The summed E-state index contributed by atoms with van der Waals surface area (Å²) in [5.41, 5.74) is 3.13. The van der Waals surface area contributed by atoms with Gasteiger partial charge in [-0.05, 0) is 36.4 Å². The summed E-state index contributed by atoms with van der Waals surface area (Å²) in [7, 11) is 1.62. The fourth-order valence-electron chi connectivity index (χ4n) is 2.15. The van der Waals surface area contributed by atoms with Crippen LogP contribution in [0, 0.1) is 11.3 Å². The summed E-state index contributed by atoms with van der Waals surface area (Å²) < 4.78 is 5.20. The topological polar surface area (TPSA) is 45.9 Å². The van der Waals surface area contributed by atoms with E-state index in [0.717, 1.165) is 27.9 Å². The number of hydrogen-bond donors (Lipinski definition) is 0. The Labute approximate surface area is 127 Å². The fourth-order valence-corrected chi connectivity index (χ4v) is 2.41. The number of benzene rings is 2. The number of fused-ring (bicyclic) bond motifs is 1. The van der Waals surface area contributed by atoms with Crippen LogP contribution < -0.4 is 4.74 Å². The second-order valence-electron chi connectivity index (χ2n) is 4.56. The van der Waals surface area contributed by atoms with Gasteiger partial charge in [0.25, 0.3) is 0 Å². The average Bonchev–Trinajstić information content (AvgIpc) is 2.54. The van der Waals surface area contributed by atoms with Gasteiger partial charge in [0.05, 0.1) is 35.0 Å². The quantitative estimate of drug-likeness (QED) is 0.702. The minimum atomic E-state index is 0.621. The van der Waals surface area contributed by atoms with Gasteiger partial charge >= 0.3 is 0 Å². The highest BCUT2D eigenvalue weighted by atomic mass is 35.5. The SMILES string of the molecule is COc1ccc2nc(-c3ccc(C#N)cc3)cc(Cl)c2c1. The Kier molecular flexibility index (Phi) is 3.47. The predicted octanol–water partition coefficient (Wildman–Crippen LogP) is 4.44. The van der Waals surface area contributed by atoms with E-state index in [9.17, 15) is 0 Å². The minimum absolute atomic E-state index is 0.621. The molecule has 0 saturated carbocycles. The predicted molar refractivity (Wildman–Crippen MR) is 83.5 cm³/mol. The van der Waals surface area contributed by atoms with Crippen molar-refractivity contribution in [1.82, 2.24) is 4.98 Å². The maximum absolute atomic E-state index is 8.84. The first-order chi connectivity index (χ1) is 10.2. The minimum Gasteiger partial charge on any atom is -0.497 e. The van der Waals surface area contributed by atoms with Crippen LogP contribution in [0.1, 0.15) is 5.56 Å². The van der Waals surface area contributed by atoms with E-state index in [1.807, 2.05) is 36.4 Å². The highest BCUT2D eigenvalue weighted by Gasteiger charge is 2.07. The van der Waals surface area contributed by atoms with Crippen LogP contribution in [0.15, 0.2) is 48.5 Å². The molecule has 0 aliphatic heterocycles. The maximum atomic E-state index is 8.84. The van der Waals surface area contributed by atoms with E-state index in [-0.39, 0.29) is 0 Å². The van der Waals surface area contributed by atoms with Crippen LogP contribution in [-0.4, -0.2) is 12.1 Å². The molecule has 3 nitrogen and oxygen atoms in total. The third-order valence-corrected chi connectivity index (χ3v) is 3.59. The van der Waals surface area contributed by atoms with Crippen molar-refractivity contribution in [3.05, 3.63) is 59.1 Å². The van der Waals surface area contributed by atoms with Gasteiger partial charge in [-0.3, -0.25) is 0 Å². The Balaban J connectivity index is 2.13. The highest BCUT2D eigenvalue weighted by Crippen LogP contribution is 2.30. The first-order valence-electron chi connectivity index (χ1n) is 6.36. The average molecular weight is 295 g/mol. The molecule has 0 spiro atoms. The van der Waals surface area contributed by atoms with Crippen molar-refractivity contribution in [3.8, 4) is 23.1 Å². The van der Waals surface area contributed by atoms with Gasteiger partial charge in [-0.15, -0.1) is 0 Å². The molecule has 21 heavy (non-hydrogen) atoms. The number of nitriles is 1. The number of hydrogen-bond acceptors (Lipinski definition) is 3. The number of pyridine rings is 1. The molecule has 3 aromatic rings. The molecule has 0 aliphatic carbocycles. The summed E-state index contributed by atoms with van der Waals surface area (Å²) in [6.07, 6.45) is 0. The van der Waals surface area contributed by atoms with Crippen LogP contribution in [0.2, 0.25) is 5.02 Å². The lowest BCUT2D eigenvalue weighted by molar-refractivity contribution is 0.415. The van der Waals surface area contributed by atoms with E-state index in [0.29, 0.717) is 10.6 Å². The van der Waals surface area contributed by atoms with Crippen molar-refractivity contribution in [1.29, 1.82) is 5.26 Å². The van der Waals surface area contributed by atoms with Gasteiger partial charge in [0.2, 0.25) is 0 Å². The van der Waals surface area contributed by atoms with Gasteiger partial charge in [0, 0.05) is 10.9 Å². The largest absolute Gasteiger partial charge is 0.497 e. The Morgan fingerprint density at radius 3 is 2.52 bits per heavy atom. The van der Waals surface area contributed by atoms with Crippen LogP contribution in [0.4, 0.5) is 0 Å². The zero-order valence-corrected chi connectivity index (χ0v) is 12.1. The van der Waals surface area contributed by atoms with E-state index >= 15 is 0 Å². The first-order valence-corrected chi connectivity index (χ1v) is 6.74. The van der Waals surface area contributed by atoms with Gasteiger partial charge in [-0.25, -0.2) is 4.98 Å². The van der Waals surface area contributed by atoms with Crippen molar-refractivity contribution >= 4 is 22.5 Å². The smallest absolute Gasteiger partial charge is 0.119 e. The maximum Gasteiger partial charge on any atom is 0.119 e. The Morgan fingerprint density at radius 1 is 1.10 bits per heavy atom. The first kappa shape index (κ1) is 13.4. The molecule has 0 unspecified atom stereocenters. The Morgan fingerprint density at radius 2 is 1.86 bits per heavy atom. The summed E-state index contributed by atoms with van der Waals surface area (Å²) in [5, 5.41) is 10.3. The van der Waals surface area contributed by atoms with Crippen LogP contribution in [0.25, 0.3) is 22.2 Å². The molecule has 0 N–H and O–H groups in total. The molecule has 1 heterocycles. The normalized spacial score (nSPS) is 10.3. The molecular weight excluding hydrogens is 284 g/mol. The van der Waals surface area contributed by atoms with E-state index in [2.05, 4.69) is 11.1 Å². The number of methoxy groups -OCH3 is 1. The van der Waals surface area contributed by atoms with E-state index in [1.54, 1.807) is 19.2 Å². The molecule has 1 aromatic heterocycles. The standard InChI is InChI=1S/C17H11ClN2O/c1-21-13-6-7-16-14(8-13)15(18)9-17(20-16)12-4-2-11(10-19)3-5-12/h2-9H,1H3. The van der Waals surface area contributed by atoms with E-state index in [4.69, 9.17) is 21.6 Å². The second-order valence-corrected chi connectivity index (χ2v) is 4.97. The van der Waals surface area contributed by atoms with Crippen LogP contribution in [0.3, 0.4) is 0 Å². The van der Waals surface area contributed by atoms with Crippen molar-refractivity contribution in [2.24, 2.45) is 0 Å². The monoisotopic (exact) mass is 294 g/mol. The number of nitrogens with zero attached hydrogens (tertiary/aromatic N) is 2. The molecule has 4 heteroatoms. The molecule has 0 aliphatic rings. The zero-order valence-electron chi connectivity index (χ0n) is 11.3. The van der Waals surface area contributed by atoms with Crippen molar-refractivity contribution in [2.45, 2.75) is 0 Å². The molecule has 3 rings (SSSR count). The third kappa shape index (κ3) is 2.54. The molecule has 2 aromatic carbocycles. The lowest BCUT2D eigenvalue weighted by Crippen LogP contribution is -1.89. The summed E-state index contributed by atoms with van der Waals surface area (Å²) in [6.45, 7) is 0. The second kappa shape index (κ2) is 5.43.